The Labute approximate surface area is 118 Å². The number of anilines is 1. The summed E-state index contributed by atoms with van der Waals surface area (Å²) in [5.74, 6) is -0.756. The molecule has 3 N–H and O–H groups in total. The number of carbonyl (C=O) groups excluding carboxylic acids is 1. The second kappa shape index (κ2) is 6.53. The molecule has 0 fully saturated rings. The van der Waals surface area contributed by atoms with Gasteiger partial charge in [-0.3, -0.25) is 0 Å². The highest BCUT2D eigenvalue weighted by molar-refractivity contribution is 7.89. The van der Waals surface area contributed by atoms with Gasteiger partial charge < -0.3 is 10.5 Å². The molecule has 110 valence electrons. The summed E-state index contributed by atoms with van der Waals surface area (Å²) in [5.41, 5.74) is 5.77. The predicted octanol–water partition coefficient (Wildman–Crippen LogP) is 1.30. The Morgan fingerprint density at radius 2 is 2.20 bits per heavy atom. The molecule has 0 saturated carbocycles. The van der Waals surface area contributed by atoms with E-state index in [9.17, 15) is 13.2 Å². The van der Waals surface area contributed by atoms with Crippen molar-refractivity contribution in [3.05, 3.63) is 36.4 Å². The second-order valence-electron chi connectivity index (χ2n) is 4.29. The van der Waals surface area contributed by atoms with Crippen molar-refractivity contribution in [1.82, 2.24) is 4.72 Å². The minimum atomic E-state index is -3.84. The maximum absolute atomic E-state index is 12.3. The van der Waals surface area contributed by atoms with E-state index >= 15 is 0 Å². The number of carbonyl (C=O) groups is 1. The van der Waals surface area contributed by atoms with Crippen LogP contribution in [-0.2, 0) is 14.8 Å². The molecule has 0 heterocycles. The van der Waals surface area contributed by atoms with Crippen molar-refractivity contribution in [3.63, 3.8) is 0 Å². The number of rotatable bonds is 6. The highest BCUT2D eigenvalue weighted by Gasteiger charge is 2.24. The molecule has 0 aliphatic heterocycles. The number of nitrogens with two attached hydrogens (primary N) is 1. The summed E-state index contributed by atoms with van der Waals surface area (Å²) < 4.78 is 31.6. The minimum absolute atomic E-state index is 0.0918. The van der Waals surface area contributed by atoms with Crippen LogP contribution in [0.5, 0.6) is 0 Å². The molecule has 1 aromatic rings. The van der Waals surface area contributed by atoms with Crippen molar-refractivity contribution in [1.29, 1.82) is 0 Å². The van der Waals surface area contributed by atoms with Gasteiger partial charge in [0.25, 0.3) is 0 Å². The van der Waals surface area contributed by atoms with Crippen molar-refractivity contribution in [3.8, 4) is 0 Å². The third kappa shape index (κ3) is 3.82. The highest BCUT2D eigenvalue weighted by Crippen LogP contribution is 2.20. The molecule has 1 rings (SSSR count). The molecule has 0 amide bonds. The Morgan fingerprint density at radius 3 is 2.75 bits per heavy atom. The lowest BCUT2D eigenvalue weighted by atomic mass is 10.2. The molecule has 0 aliphatic carbocycles. The van der Waals surface area contributed by atoms with E-state index < -0.39 is 16.0 Å². The Kier molecular flexibility index (Phi) is 5.29. The van der Waals surface area contributed by atoms with E-state index in [1.165, 1.54) is 25.3 Å². The standard InChI is InChI=1S/C13H18N2O4S/c1-4-5-9(2)15-20(17,18)12-7-6-10(14)8-11(12)13(16)19-3/h4,6-9,15H,1,5,14H2,2-3H3. The van der Waals surface area contributed by atoms with Gasteiger partial charge in [0, 0.05) is 11.7 Å². The SMILES string of the molecule is C=CCC(C)NS(=O)(=O)c1ccc(N)cc1C(=O)OC. The lowest BCUT2D eigenvalue weighted by molar-refractivity contribution is 0.0596. The number of hydrogen-bond acceptors (Lipinski definition) is 5. The van der Waals surface area contributed by atoms with E-state index in [-0.39, 0.29) is 22.2 Å². The fourth-order valence-corrected chi connectivity index (χ4v) is 3.11. The van der Waals surface area contributed by atoms with Crippen LogP contribution in [0, 0.1) is 0 Å². The summed E-state index contributed by atoms with van der Waals surface area (Å²) in [6.45, 7) is 5.25. The van der Waals surface area contributed by atoms with Crippen LogP contribution in [0.15, 0.2) is 35.7 Å². The molecule has 0 bridgehead atoms. The first kappa shape index (κ1) is 16.2. The van der Waals surface area contributed by atoms with E-state index in [4.69, 9.17) is 5.73 Å². The van der Waals surface area contributed by atoms with E-state index in [0.717, 1.165) is 0 Å². The van der Waals surface area contributed by atoms with E-state index in [1.54, 1.807) is 13.0 Å². The van der Waals surface area contributed by atoms with Crippen molar-refractivity contribution in [2.24, 2.45) is 0 Å². The molecule has 7 heteroatoms. The van der Waals surface area contributed by atoms with Gasteiger partial charge in [-0.1, -0.05) is 6.08 Å². The largest absolute Gasteiger partial charge is 0.465 e. The third-order valence-electron chi connectivity index (χ3n) is 2.57. The average molecular weight is 298 g/mol. The van der Waals surface area contributed by atoms with Gasteiger partial charge in [-0.15, -0.1) is 6.58 Å². The fourth-order valence-electron chi connectivity index (χ4n) is 1.68. The number of benzene rings is 1. The summed E-state index contributed by atoms with van der Waals surface area (Å²) in [4.78, 5) is 11.5. The van der Waals surface area contributed by atoms with Gasteiger partial charge in [0.05, 0.1) is 17.6 Å². The lowest BCUT2D eigenvalue weighted by Gasteiger charge is -2.14. The molecule has 0 saturated heterocycles. The number of ether oxygens (including phenoxy) is 1. The first-order valence-corrected chi connectivity index (χ1v) is 7.41. The van der Waals surface area contributed by atoms with Crippen LogP contribution in [0.3, 0.4) is 0 Å². The molecule has 1 atom stereocenters. The summed E-state index contributed by atoms with van der Waals surface area (Å²) in [7, 11) is -2.66. The van der Waals surface area contributed by atoms with Crippen LogP contribution in [0.1, 0.15) is 23.7 Å². The summed E-state index contributed by atoms with van der Waals surface area (Å²) in [6, 6.07) is 3.64. The minimum Gasteiger partial charge on any atom is -0.465 e. The zero-order valence-electron chi connectivity index (χ0n) is 11.4. The zero-order valence-corrected chi connectivity index (χ0v) is 12.2. The monoisotopic (exact) mass is 298 g/mol. The lowest BCUT2D eigenvalue weighted by Crippen LogP contribution is -2.33. The van der Waals surface area contributed by atoms with Crippen molar-refractivity contribution < 1.29 is 17.9 Å². The Balaban J connectivity index is 3.24. The molecule has 0 spiro atoms. The molecule has 1 aromatic carbocycles. The van der Waals surface area contributed by atoms with E-state index in [0.29, 0.717) is 6.42 Å². The van der Waals surface area contributed by atoms with Gasteiger partial charge in [-0.05, 0) is 31.5 Å². The van der Waals surface area contributed by atoms with E-state index in [1.807, 2.05) is 0 Å². The van der Waals surface area contributed by atoms with Crippen LogP contribution in [0.25, 0.3) is 0 Å². The molecule has 0 radical (unpaired) electrons. The number of hydrogen-bond donors (Lipinski definition) is 2. The molecule has 20 heavy (non-hydrogen) atoms. The third-order valence-corrected chi connectivity index (χ3v) is 4.22. The van der Waals surface area contributed by atoms with Gasteiger partial charge in [0.15, 0.2) is 0 Å². The predicted molar refractivity (Wildman–Crippen MR) is 76.8 cm³/mol. The van der Waals surface area contributed by atoms with Gasteiger partial charge in [0.2, 0.25) is 10.0 Å². The zero-order chi connectivity index (χ0) is 15.3. The molecule has 0 aromatic heterocycles. The molecular formula is C13H18N2O4S. The molecule has 1 unspecified atom stereocenters. The van der Waals surface area contributed by atoms with Crippen LogP contribution in [-0.4, -0.2) is 27.5 Å². The van der Waals surface area contributed by atoms with E-state index in [2.05, 4.69) is 16.0 Å². The topological polar surface area (TPSA) is 98.5 Å². The summed E-state index contributed by atoms with van der Waals surface area (Å²) in [6.07, 6.45) is 2.08. The smallest absolute Gasteiger partial charge is 0.339 e. The Hall–Kier alpha value is -1.86. The molecular weight excluding hydrogens is 280 g/mol. The molecule has 0 aliphatic rings. The quantitative estimate of drug-likeness (QED) is 0.468. The van der Waals surface area contributed by atoms with Gasteiger partial charge in [0.1, 0.15) is 0 Å². The number of nitrogen functional groups attached to an aromatic ring is 1. The maximum Gasteiger partial charge on any atom is 0.339 e. The highest BCUT2D eigenvalue weighted by atomic mass is 32.2. The Bertz CT molecular complexity index is 611. The van der Waals surface area contributed by atoms with Crippen LogP contribution >= 0.6 is 0 Å². The van der Waals surface area contributed by atoms with Crippen molar-refractivity contribution >= 4 is 21.7 Å². The first-order chi connectivity index (χ1) is 9.31. The number of esters is 1. The second-order valence-corrected chi connectivity index (χ2v) is 5.98. The Morgan fingerprint density at radius 1 is 1.55 bits per heavy atom. The van der Waals surface area contributed by atoms with Gasteiger partial charge in [-0.25, -0.2) is 17.9 Å². The van der Waals surface area contributed by atoms with Gasteiger partial charge in [-0.2, -0.15) is 0 Å². The number of sulfonamides is 1. The normalized spacial score (nSPS) is 12.7. The fraction of sp³-hybridized carbons (Fsp3) is 0.308. The van der Waals surface area contributed by atoms with Crippen LogP contribution in [0.4, 0.5) is 5.69 Å². The number of nitrogens with one attached hydrogen (secondary N) is 1. The number of methoxy groups -OCH3 is 1. The summed E-state index contributed by atoms with van der Waals surface area (Å²) >= 11 is 0. The van der Waals surface area contributed by atoms with Crippen LogP contribution in [0.2, 0.25) is 0 Å². The maximum atomic E-state index is 12.3. The van der Waals surface area contributed by atoms with Gasteiger partial charge >= 0.3 is 5.97 Å². The van der Waals surface area contributed by atoms with Crippen molar-refractivity contribution in [2.75, 3.05) is 12.8 Å². The molecule has 6 nitrogen and oxygen atoms in total. The van der Waals surface area contributed by atoms with Crippen LogP contribution < -0.4 is 10.5 Å². The first-order valence-electron chi connectivity index (χ1n) is 5.93. The average Bonchev–Trinajstić information content (AvgIpc) is 2.36. The summed E-state index contributed by atoms with van der Waals surface area (Å²) in [5, 5.41) is 0. The van der Waals surface area contributed by atoms with Crippen molar-refractivity contribution in [2.45, 2.75) is 24.3 Å².